The van der Waals surface area contributed by atoms with Gasteiger partial charge in [-0.25, -0.2) is 0 Å². The molecule has 0 radical (unpaired) electrons. The summed E-state index contributed by atoms with van der Waals surface area (Å²) >= 11 is 0. The number of rotatable bonds is 7. The third-order valence-corrected chi connectivity index (χ3v) is 4.08. The highest BCUT2D eigenvalue weighted by Crippen LogP contribution is 2.21. The molecule has 1 aliphatic heterocycles. The van der Waals surface area contributed by atoms with Crippen molar-refractivity contribution < 1.29 is 9.53 Å². The lowest BCUT2D eigenvalue weighted by molar-refractivity contribution is 0.112. The molecule has 0 unspecified atom stereocenters. The Hall–Kier alpha value is -1.35. The van der Waals surface area contributed by atoms with Crippen molar-refractivity contribution >= 4 is 6.29 Å². The number of aldehydes is 1. The predicted molar refractivity (Wildman–Crippen MR) is 85.9 cm³/mol. The van der Waals surface area contributed by atoms with Crippen LogP contribution in [0.1, 0.15) is 43.5 Å². The monoisotopic (exact) mass is 289 g/mol. The lowest BCUT2D eigenvalue weighted by atomic mass is 9.92. The van der Waals surface area contributed by atoms with Crippen LogP contribution in [0, 0.1) is 11.8 Å². The molecule has 2 atom stereocenters. The van der Waals surface area contributed by atoms with Gasteiger partial charge in [0.2, 0.25) is 0 Å². The topological polar surface area (TPSA) is 29.5 Å². The maximum Gasteiger partial charge on any atom is 0.150 e. The molecule has 0 saturated carbocycles. The van der Waals surface area contributed by atoms with Crippen molar-refractivity contribution in [2.75, 3.05) is 26.2 Å². The van der Waals surface area contributed by atoms with E-state index >= 15 is 0 Å². The van der Waals surface area contributed by atoms with Crippen molar-refractivity contribution in [1.29, 1.82) is 0 Å². The van der Waals surface area contributed by atoms with Crippen molar-refractivity contribution in [3.63, 3.8) is 0 Å². The predicted octanol–water partition coefficient (Wildman–Crippen LogP) is 3.64. The van der Waals surface area contributed by atoms with E-state index in [1.54, 1.807) is 12.1 Å². The lowest BCUT2D eigenvalue weighted by Crippen LogP contribution is -2.39. The fraction of sp³-hybridized carbons (Fsp3) is 0.611. The van der Waals surface area contributed by atoms with Crippen molar-refractivity contribution in [3.8, 4) is 5.75 Å². The summed E-state index contributed by atoms with van der Waals surface area (Å²) in [6, 6.07) is 7.34. The summed E-state index contributed by atoms with van der Waals surface area (Å²) in [5.41, 5.74) is 0.670. The zero-order valence-electron chi connectivity index (χ0n) is 13.3. The molecule has 3 heteroatoms. The summed E-state index contributed by atoms with van der Waals surface area (Å²) in [6.07, 6.45) is 4.45. The quantitative estimate of drug-likeness (QED) is 0.567. The number of nitrogens with zero attached hydrogens (tertiary/aromatic N) is 1. The van der Waals surface area contributed by atoms with Crippen molar-refractivity contribution in [1.82, 2.24) is 4.90 Å². The minimum Gasteiger partial charge on any atom is -0.494 e. The van der Waals surface area contributed by atoms with Crippen LogP contribution in [0.4, 0.5) is 0 Å². The van der Waals surface area contributed by atoms with Crippen LogP contribution in [-0.2, 0) is 0 Å². The molecule has 1 saturated heterocycles. The molecule has 1 fully saturated rings. The van der Waals surface area contributed by atoms with Crippen LogP contribution in [0.15, 0.2) is 24.3 Å². The number of hydrogen-bond donors (Lipinski definition) is 0. The molecule has 0 aliphatic carbocycles. The zero-order valence-corrected chi connectivity index (χ0v) is 13.3. The molecule has 0 spiro atoms. The van der Waals surface area contributed by atoms with E-state index in [0.717, 1.165) is 36.9 Å². The lowest BCUT2D eigenvalue weighted by Gasteiger charge is -2.34. The average molecular weight is 289 g/mol. The molecule has 21 heavy (non-hydrogen) atoms. The number of carbonyl (C=O) groups excluding carboxylic acids is 1. The standard InChI is InChI=1S/C18H27NO2/c1-15-10-16(2)13-19(12-15)8-3-4-9-21-18-7-5-6-17(11-18)14-20/h5-7,11,14-16H,3-4,8-10,12-13H2,1-2H3/t15-,16-/m0/s1. The summed E-state index contributed by atoms with van der Waals surface area (Å²) in [4.78, 5) is 13.3. The molecule has 0 bridgehead atoms. The molecule has 3 nitrogen and oxygen atoms in total. The average Bonchev–Trinajstić information content (AvgIpc) is 2.46. The second-order valence-electron chi connectivity index (χ2n) is 6.45. The van der Waals surface area contributed by atoms with Crippen LogP contribution in [0.5, 0.6) is 5.75 Å². The number of benzene rings is 1. The Balaban J connectivity index is 1.62. The Morgan fingerprint density at radius 2 is 2.00 bits per heavy atom. The molecule has 0 N–H and O–H groups in total. The van der Waals surface area contributed by atoms with Gasteiger partial charge in [0, 0.05) is 18.7 Å². The molecule has 1 aromatic carbocycles. The van der Waals surface area contributed by atoms with E-state index in [1.807, 2.05) is 12.1 Å². The second kappa shape index (κ2) is 8.18. The van der Waals surface area contributed by atoms with Crippen molar-refractivity contribution in [2.45, 2.75) is 33.1 Å². The number of unbranched alkanes of at least 4 members (excludes halogenated alkanes) is 1. The zero-order chi connectivity index (χ0) is 15.1. The van der Waals surface area contributed by atoms with E-state index in [-0.39, 0.29) is 0 Å². The number of likely N-dealkylation sites (tertiary alicyclic amines) is 1. The molecule has 1 heterocycles. The Kier molecular flexibility index (Phi) is 6.24. The highest BCUT2D eigenvalue weighted by Gasteiger charge is 2.20. The van der Waals surface area contributed by atoms with E-state index in [9.17, 15) is 4.79 Å². The SMILES string of the molecule is C[C@H]1C[C@H](C)CN(CCCCOc2cccc(C=O)c2)C1. The van der Waals surface area contributed by atoms with Gasteiger partial charge in [0.05, 0.1) is 6.61 Å². The highest BCUT2D eigenvalue weighted by molar-refractivity contribution is 5.75. The van der Waals surface area contributed by atoms with Crippen LogP contribution in [-0.4, -0.2) is 37.4 Å². The summed E-state index contributed by atoms with van der Waals surface area (Å²) < 4.78 is 5.70. The molecule has 0 aromatic heterocycles. The van der Waals surface area contributed by atoms with Crippen molar-refractivity contribution in [2.24, 2.45) is 11.8 Å². The van der Waals surface area contributed by atoms with Crippen LogP contribution < -0.4 is 4.74 Å². The first-order valence-corrected chi connectivity index (χ1v) is 8.07. The Labute approximate surface area is 128 Å². The molecule has 1 aliphatic rings. The molecular weight excluding hydrogens is 262 g/mol. The minimum absolute atomic E-state index is 0.670. The van der Waals surface area contributed by atoms with Gasteiger partial charge in [-0.2, -0.15) is 0 Å². The number of hydrogen-bond acceptors (Lipinski definition) is 3. The summed E-state index contributed by atoms with van der Waals surface area (Å²) in [7, 11) is 0. The van der Waals surface area contributed by atoms with E-state index < -0.39 is 0 Å². The molecule has 116 valence electrons. The number of piperidine rings is 1. The van der Waals surface area contributed by atoms with Gasteiger partial charge < -0.3 is 9.64 Å². The summed E-state index contributed by atoms with van der Waals surface area (Å²) in [6.45, 7) is 9.09. The van der Waals surface area contributed by atoms with E-state index in [0.29, 0.717) is 5.56 Å². The highest BCUT2D eigenvalue weighted by atomic mass is 16.5. The van der Waals surface area contributed by atoms with Crippen LogP contribution in [0.25, 0.3) is 0 Å². The van der Waals surface area contributed by atoms with E-state index in [2.05, 4.69) is 18.7 Å². The van der Waals surface area contributed by atoms with Crippen LogP contribution >= 0.6 is 0 Å². The van der Waals surface area contributed by atoms with Gasteiger partial charge in [0.15, 0.2) is 0 Å². The van der Waals surface area contributed by atoms with Gasteiger partial charge >= 0.3 is 0 Å². The largest absolute Gasteiger partial charge is 0.494 e. The third kappa shape index (κ3) is 5.50. The fourth-order valence-corrected chi connectivity index (χ4v) is 3.28. The van der Waals surface area contributed by atoms with Crippen LogP contribution in [0.2, 0.25) is 0 Å². The second-order valence-corrected chi connectivity index (χ2v) is 6.45. The van der Waals surface area contributed by atoms with E-state index in [4.69, 9.17) is 4.74 Å². The minimum atomic E-state index is 0.670. The van der Waals surface area contributed by atoms with Gasteiger partial charge in [0.25, 0.3) is 0 Å². The Morgan fingerprint density at radius 3 is 2.71 bits per heavy atom. The first-order chi connectivity index (χ1) is 10.2. The first-order valence-electron chi connectivity index (χ1n) is 8.07. The normalized spacial score (nSPS) is 23.0. The van der Waals surface area contributed by atoms with Gasteiger partial charge in [-0.1, -0.05) is 26.0 Å². The van der Waals surface area contributed by atoms with Gasteiger partial charge in [-0.05, 0) is 49.8 Å². The smallest absolute Gasteiger partial charge is 0.150 e. The Bertz CT molecular complexity index is 437. The maximum absolute atomic E-state index is 10.7. The molecule has 1 aromatic rings. The Morgan fingerprint density at radius 1 is 1.24 bits per heavy atom. The maximum atomic E-state index is 10.7. The molecule has 0 amide bonds. The number of carbonyl (C=O) groups is 1. The van der Waals surface area contributed by atoms with Gasteiger partial charge in [0.1, 0.15) is 12.0 Å². The summed E-state index contributed by atoms with van der Waals surface area (Å²) in [5.74, 6) is 2.45. The fourth-order valence-electron chi connectivity index (χ4n) is 3.28. The van der Waals surface area contributed by atoms with E-state index in [1.165, 1.54) is 32.5 Å². The van der Waals surface area contributed by atoms with Crippen LogP contribution in [0.3, 0.4) is 0 Å². The van der Waals surface area contributed by atoms with Gasteiger partial charge in [-0.3, -0.25) is 4.79 Å². The third-order valence-electron chi connectivity index (χ3n) is 4.08. The summed E-state index contributed by atoms with van der Waals surface area (Å²) in [5, 5.41) is 0. The van der Waals surface area contributed by atoms with Crippen molar-refractivity contribution in [3.05, 3.63) is 29.8 Å². The first kappa shape index (κ1) is 16.0. The molecule has 2 rings (SSSR count). The van der Waals surface area contributed by atoms with Gasteiger partial charge in [-0.15, -0.1) is 0 Å². The molecular formula is C18H27NO2. The number of ether oxygens (including phenoxy) is 1.